The molecule has 1 saturated heterocycles. The van der Waals surface area contributed by atoms with Gasteiger partial charge in [-0.1, -0.05) is 11.6 Å². The number of aromatic nitrogens is 2. The first-order chi connectivity index (χ1) is 13.9. The van der Waals surface area contributed by atoms with Gasteiger partial charge in [-0.15, -0.1) is 0 Å². The van der Waals surface area contributed by atoms with Crippen LogP contribution in [-0.4, -0.2) is 61.1 Å². The molecule has 12 nitrogen and oxygen atoms in total. The van der Waals surface area contributed by atoms with Gasteiger partial charge < -0.3 is 14.2 Å². The number of carbonyl (C=O) groups is 2. The first kappa shape index (κ1) is 23.8. The Kier molecular flexibility index (Phi) is 7.58. The predicted octanol–water partition coefficient (Wildman–Crippen LogP) is -0.517. The van der Waals surface area contributed by atoms with Crippen LogP contribution in [0.1, 0.15) is 25.6 Å². The lowest BCUT2D eigenvalue weighted by Gasteiger charge is -2.23. The van der Waals surface area contributed by atoms with E-state index in [1.54, 1.807) is 0 Å². The minimum Gasteiger partial charge on any atom is -0.463 e. The van der Waals surface area contributed by atoms with Crippen molar-refractivity contribution in [2.75, 3.05) is 12.9 Å². The Labute approximate surface area is 175 Å². The van der Waals surface area contributed by atoms with E-state index in [-0.39, 0.29) is 5.56 Å². The van der Waals surface area contributed by atoms with Gasteiger partial charge in [-0.05, 0) is 6.08 Å². The summed E-state index contributed by atoms with van der Waals surface area (Å²) in [6, 6.07) is 0. The molecule has 0 aliphatic carbocycles. The molecule has 1 aromatic rings. The Balaban J connectivity index is 2.57. The van der Waals surface area contributed by atoms with E-state index in [0.29, 0.717) is 0 Å². The summed E-state index contributed by atoms with van der Waals surface area (Å²) in [6.45, 7) is 1.74. The second kappa shape index (κ2) is 9.55. The zero-order valence-electron chi connectivity index (χ0n) is 16.1. The van der Waals surface area contributed by atoms with E-state index in [1.807, 2.05) is 4.98 Å². The average Bonchev–Trinajstić information content (AvgIpc) is 2.91. The third-order valence-electron chi connectivity index (χ3n) is 3.84. The summed E-state index contributed by atoms with van der Waals surface area (Å²) in [5, 5.41) is 0. The van der Waals surface area contributed by atoms with Crippen LogP contribution < -0.4 is 11.2 Å². The molecular weight excluding hydrogens is 448 g/mol. The highest BCUT2D eigenvalue weighted by Gasteiger charge is 2.51. The molecule has 0 spiro atoms. The number of rotatable bonds is 7. The molecule has 0 bridgehead atoms. The van der Waals surface area contributed by atoms with Crippen LogP contribution in [0.3, 0.4) is 0 Å². The van der Waals surface area contributed by atoms with Crippen LogP contribution in [0, 0.1) is 0 Å². The van der Waals surface area contributed by atoms with Crippen molar-refractivity contribution in [3.8, 4) is 0 Å². The van der Waals surface area contributed by atoms with Gasteiger partial charge in [-0.3, -0.25) is 28.1 Å². The van der Waals surface area contributed by atoms with Gasteiger partial charge in [0.25, 0.3) is 15.7 Å². The molecule has 2 rings (SSSR count). The summed E-state index contributed by atoms with van der Waals surface area (Å²) in [4.78, 5) is 49.1. The maximum absolute atomic E-state index is 12.4. The van der Waals surface area contributed by atoms with E-state index >= 15 is 0 Å². The van der Waals surface area contributed by atoms with Gasteiger partial charge in [0.1, 0.15) is 18.8 Å². The molecule has 2 heterocycles. The maximum Gasteiger partial charge on any atom is 0.330 e. The van der Waals surface area contributed by atoms with E-state index in [4.69, 9.17) is 30.0 Å². The number of ether oxygens (including phenoxy) is 3. The highest BCUT2D eigenvalue weighted by Crippen LogP contribution is 2.34. The molecule has 0 aromatic carbocycles. The normalized spacial score (nSPS) is 24.1. The van der Waals surface area contributed by atoms with Gasteiger partial charge in [0, 0.05) is 25.6 Å². The van der Waals surface area contributed by atoms with Crippen LogP contribution in [0.15, 0.2) is 21.3 Å². The number of aromatic amines is 1. The van der Waals surface area contributed by atoms with Crippen LogP contribution in [0.2, 0.25) is 0 Å². The van der Waals surface area contributed by atoms with Gasteiger partial charge >= 0.3 is 17.6 Å². The molecule has 1 aromatic heterocycles. The zero-order valence-corrected chi connectivity index (χ0v) is 17.6. The molecular formula is C16H19ClN2O10S. The lowest BCUT2D eigenvalue weighted by molar-refractivity contribution is -0.155. The summed E-state index contributed by atoms with van der Waals surface area (Å²) in [5.74, 6) is -1.50. The SMILES string of the molecule is CC(=O)OC[C@H]1O[C@@H](n2cc(/C=C/Cl)c(=O)[nH]c2=O)[C@H](OC(C)=O)[C@H]1OS(C)(=O)=O. The first-order valence-electron chi connectivity index (χ1n) is 8.39. The van der Waals surface area contributed by atoms with E-state index < -0.39 is 64.5 Å². The Morgan fingerprint density at radius 2 is 1.93 bits per heavy atom. The Morgan fingerprint density at radius 1 is 1.27 bits per heavy atom. The molecule has 14 heteroatoms. The van der Waals surface area contributed by atoms with Gasteiger partial charge in [-0.25, -0.2) is 4.79 Å². The van der Waals surface area contributed by atoms with E-state index in [2.05, 4.69) is 0 Å². The quantitative estimate of drug-likeness (QED) is 0.409. The van der Waals surface area contributed by atoms with Crippen LogP contribution in [0.25, 0.3) is 6.08 Å². The van der Waals surface area contributed by atoms with E-state index in [0.717, 1.165) is 36.4 Å². The minimum absolute atomic E-state index is 0.0289. The molecule has 1 aliphatic rings. The number of hydrogen-bond donors (Lipinski definition) is 1. The van der Waals surface area contributed by atoms with Crippen LogP contribution in [0.5, 0.6) is 0 Å². The van der Waals surface area contributed by atoms with Crippen molar-refractivity contribution in [2.45, 2.75) is 38.4 Å². The fourth-order valence-corrected chi connectivity index (χ4v) is 3.55. The fraction of sp³-hybridized carbons (Fsp3) is 0.500. The van der Waals surface area contributed by atoms with E-state index in [1.165, 1.54) is 6.08 Å². The lowest BCUT2D eigenvalue weighted by atomic mass is 10.1. The van der Waals surface area contributed by atoms with Crippen molar-refractivity contribution in [3.05, 3.63) is 38.1 Å². The Morgan fingerprint density at radius 3 is 2.47 bits per heavy atom. The molecule has 30 heavy (non-hydrogen) atoms. The van der Waals surface area contributed by atoms with Crippen molar-refractivity contribution >= 4 is 39.7 Å². The Bertz CT molecular complexity index is 1060. The predicted molar refractivity (Wildman–Crippen MR) is 102 cm³/mol. The number of hydrogen-bond acceptors (Lipinski definition) is 10. The second-order valence-electron chi connectivity index (χ2n) is 6.25. The minimum atomic E-state index is -4.07. The molecule has 1 aliphatic heterocycles. The van der Waals surface area contributed by atoms with Crippen LogP contribution in [-0.2, 0) is 38.1 Å². The number of carbonyl (C=O) groups excluding carboxylic acids is 2. The molecule has 166 valence electrons. The largest absolute Gasteiger partial charge is 0.463 e. The topological polar surface area (TPSA) is 160 Å². The van der Waals surface area contributed by atoms with Crippen LogP contribution in [0.4, 0.5) is 0 Å². The number of esters is 2. The summed E-state index contributed by atoms with van der Waals surface area (Å²) < 4.78 is 45.0. The average molecular weight is 467 g/mol. The molecule has 0 radical (unpaired) electrons. The van der Waals surface area contributed by atoms with E-state index in [9.17, 15) is 27.6 Å². The monoisotopic (exact) mass is 466 g/mol. The molecule has 1 N–H and O–H groups in total. The number of nitrogens with one attached hydrogen (secondary N) is 1. The summed E-state index contributed by atoms with van der Waals surface area (Å²) in [5.41, 5.74) is -0.660. The highest BCUT2D eigenvalue weighted by molar-refractivity contribution is 7.86. The van der Waals surface area contributed by atoms with Gasteiger partial charge in [0.15, 0.2) is 12.3 Å². The zero-order chi connectivity index (χ0) is 22.6. The maximum atomic E-state index is 12.4. The summed E-state index contributed by atoms with van der Waals surface area (Å²) >= 11 is 5.49. The molecule has 1 fully saturated rings. The molecule has 0 saturated carbocycles. The van der Waals surface area contributed by atoms with Gasteiger partial charge in [-0.2, -0.15) is 8.42 Å². The highest BCUT2D eigenvalue weighted by atomic mass is 35.5. The molecule has 0 amide bonds. The number of halogens is 1. The summed E-state index contributed by atoms with van der Waals surface area (Å²) in [6.07, 6.45) is -2.45. The third kappa shape index (κ3) is 6.01. The van der Waals surface area contributed by atoms with Crippen LogP contribution >= 0.6 is 11.6 Å². The van der Waals surface area contributed by atoms with Crippen molar-refractivity contribution in [2.24, 2.45) is 0 Å². The lowest BCUT2D eigenvalue weighted by Crippen LogP contribution is -2.42. The summed E-state index contributed by atoms with van der Waals surface area (Å²) in [7, 11) is -4.07. The van der Waals surface area contributed by atoms with Crippen molar-refractivity contribution in [3.63, 3.8) is 0 Å². The molecule has 4 atom stereocenters. The number of H-pyrrole nitrogens is 1. The van der Waals surface area contributed by atoms with Gasteiger partial charge in [0.05, 0.1) is 11.8 Å². The molecule has 0 unspecified atom stereocenters. The smallest absolute Gasteiger partial charge is 0.330 e. The first-order valence-corrected chi connectivity index (χ1v) is 10.6. The number of nitrogens with zero attached hydrogens (tertiary/aromatic N) is 1. The second-order valence-corrected chi connectivity index (χ2v) is 8.10. The Hall–Kier alpha value is -2.48. The van der Waals surface area contributed by atoms with Crippen molar-refractivity contribution < 1.29 is 36.4 Å². The standard InChI is InChI=1S/C16H19ClN2O10S/c1-8(20)26-7-11-12(29-30(3,24)25)13(27-9(2)21)15(28-11)19-6-10(4-5-17)14(22)18-16(19)23/h4-6,11-13,15H,7H2,1-3H3,(H,18,22,23)/b5-4+/t11-,12+,13-,15-/m1/s1. The van der Waals surface area contributed by atoms with Crippen molar-refractivity contribution in [1.29, 1.82) is 0 Å². The van der Waals surface area contributed by atoms with Crippen molar-refractivity contribution in [1.82, 2.24) is 9.55 Å². The van der Waals surface area contributed by atoms with Gasteiger partial charge in [0.2, 0.25) is 0 Å². The third-order valence-corrected chi connectivity index (χ3v) is 4.53. The fourth-order valence-electron chi connectivity index (χ4n) is 2.78.